The summed E-state index contributed by atoms with van der Waals surface area (Å²) in [4.78, 5) is 27.9. The number of nitrogens with one attached hydrogen (secondary N) is 1. The Hall–Kier alpha value is -2.74. The highest BCUT2D eigenvalue weighted by molar-refractivity contribution is 5.91. The number of rotatable bonds is 9. The van der Waals surface area contributed by atoms with Crippen LogP contribution in [0.2, 0.25) is 0 Å². The number of nitrogens with zero attached hydrogens (tertiary/aromatic N) is 5. The summed E-state index contributed by atoms with van der Waals surface area (Å²) >= 11 is 0. The first-order valence-corrected chi connectivity index (χ1v) is 9.12. The van der Waals surface area contributed by atoms with Crippen molar-refractivity contribution >= 4 is 11.8 Å². The lowest BCUT2D eigenvalue weighted by molar-refractivity contribution is -0.129. The molecule has 2 aromatic rings. The molecule has 27 heavy (non-hydrogen) atoms. The molecule has 0 bridgehead atoms. The van der Waals surface area contributed by atoms with Crippen molar-refractivity contribution < 1.29 is 9.59 Å². The third kappa shape index (κ3) is 5.89. The molecule has 0 unspecified atom stereocenters. The molecule has 0 spiro atoms. The third-order valence-electron chi connectivity index (χ3n) is 4.41. The fourth-order valence-electron chi connectivity index (χ4n) is 2.60. The van der Waals surface area contributed by atoms with Crippen molar-refractivity contribution in [1.29, 1.82) is 0 Å². The number of likely N-dealkylation sites (N-methyl/N-ethyl adjacent to an activating group) is 1. The fraction of sp³-hybridized carbons (Fsp3) is 0.474. The largest absolute Gasteiger partial charge is 0.347 e. The lowest BCUT2D eigenvalue weighted by atomic mass is 10.1. The summed E-state index contributed by atoms with van der Waals surface area (Å²) in [6.45, 7) is 7.55. The van der Waals surface area contributed by atoms with E-state index >= 15 is 0 Å². The maximum absolute atomic E-state index is 12.4. The minimum absolute atomic E-state index is 0.0555. The van der Waals surface area contributed by atoms with Gasteiger partial charge in [-0.25, -0.2) is 4.68 Å². The molecular formula is C19H28N6O2. The highest BCUT2D eigenvalue weighted by atomic mass is 16.2. The molecule has 8 nitrogen and oxygen atoms in total. The molecule has 0 aliphatic heterocycles. The van der Waals surface area contributed by atoms with E-state index in [2.05, 4.69) is 40.4 Å². The van der Waals surface area contributed by atoms with Gasteiger partial charge in [-0.05, 0) is 24.2 Å². The summed E-state index contributed by atoms with van der Waals surface area (Å²) in [7, 11) is 3.34. The van der Waals surface area contributed by atoms with Gasteiger partial charge >= 0.3 is 0 Å². The number of amides is 2. The second kappa shape index (κ2) is 9.82. The van der Waals surface area contributed by atoms with E-state index in [0.717, 1.165) is 25.2 Å². The normalized spacial score (nSPS) is 10.9. The Morgan fingerprint density at radius 3 is 2.41 bits per heavy atom. The second-order valence-corrected chi connectivity index (χ2v) is 6.50. The van der Waals surface area contributed by atoms with Gasteiger partial charge < -0.3 is 10.2 Å². The molecule has 2 amide bonds. The molecule has 0 saturated carbocycles. The first-order valence-electron chi connectivity index (χ1n) is 9.12. The minimum Gasteiger partial charge on any atom is -0.347 e. The van der Waals surface area contributed by atoms with Crippen LogP contribution < -0.4 is 5.32 Å². The van der Waals surface area contributed by atoms with Crippen LogP contribution in [-0.4, -0.2) is 63.8 Å². The Labute approximate surface area is 160 Å². The average Bonchev–Trinajstić information content (AvgIpc) is 3.13. The number of benzene rings is 1. The number of aromatic nitrogens is 3. The Morgan fingerprint density at radius 1 is 1.11 bits per heavy atom. The lowest BCUT2D eigenvalue weighted by Gasteiger charge is -2.20. The van der Waals surface area contributed by atoms with Crippen molar-refractivity contribution in [2.24, 2.45) is 0 Å². The van der Waals surface area contributed by atoms with E-state index in [1.165, 1.54) is 21.3 Å². The predicted octanol–water partition coefficient (Wildman–Crippen LogP) is 1.14. The Kier molecular flexibility index (Phi) is 7.48. The zero-order valence-electron chi connectivity index (χ0n) is 16.5. The van der Waals surface area contributed by atoms with Gasteiger partial charge in [-0.3, -0.25) is 14.5 Å². The van der Waals surface area contributed by atoms with Gasteiger partial charge in [-0.2, -0.15) is 0 Å². The molecule has 1 N–H and O–H groups in total. The maximum Gasteiger partial charge on any atom is 0.273 e. The Balaban J connectivity index is 1.98. The van der Waals surface area contributed by atoms with E-state index in [-0.39, 0.29) is 24.1 Å². The number of hydrogen-bond acceptors (Lipinski definition) is 5. The molecule has 2 rings (SSSR count). The highest BCUT2D eigenvalue weighted by Crippen LogP contribution is 2.12. The van der Waals surface area contributed by atoms with Crippen LogP contribution in [0.15, 0.2) is 30.5 Å². The molecular weight excluding hydrogens is 344 g/mol. The van der Waals surface area contributed by atoms with Crippen LogP contribution in [0.3, 0.4) is 0 Å². The van der Waals surface area contributed by atoms with Gasteiger partial charge in [0.25, 0.3) is 5.91 Å². The molecule has 0 radical (unpaired) electrons. The van der Waals surface area contributed by atoms with Crippen LogP contribution >= 0.6 is 0 Å². The summed E-state index contributed by atoms with van der Waals surface area (Å²) in [5.41, 5.74) is 2.47. The summed E-state index contributed by atoms with van der Waals surface area (Å²) in [6.07, 6.45) is 1.48. The SMILES string of the molecule is CCN(CC)Cc1ccccc1CNC(=O)c1cn(CC(=O)N(C)C)nn1. The Bertz CT molecular complexity index is 767. The van der Waals surface area contributed by atoms with E-state index in [4.69, 9.17) is 0 Å². The summed E-state index contributed by atoms with van der Waals surface area (Å²) in [5.74, 6) is -0.423. The van der Waals surface area contributed by atoms with Crippen molar-refractivity contribution in [3.63, 3.8) is 0 Å². The summed E-state index contributed by atoms with van der Waals surface area (Å²) in [6, 6.07) is 8.09. The van der Waals surface area contributed by atoms with Gasteiger partial charge in [0.05, 0.1) is 6.20 Å². The third-order valence-corrected chi connectivity index (χ3v) is 4.41. The molecule has 146 valence electrons. The molecule has 0 aliphatic carbocycles. The van der Waals surface area contributed by atoms with Gasteiger partial charge in [-0.15, -0.1) is 5.10 Å². The molecule has 0 saturated heterocycles. The monoisotopic (exact) mass is 372 g/mol. The van der Waals surface area contributed by atoms with E-state index in [0.29, 0.717) is 6.54 Å². The van der Waals surface area contributed by atoms with Gasteiger partial charge in [0.1, 0.15) is 6.54 Å². The van der Waals surface area contributed by atoms with Crippen molar-refractivity contribution in [3.05, 3.63) is 47.3 Å². The van der Waals surface area contributed by atoms with Crippen LogP contribution in [0, 0.1) is 0 Å². The summed E-state index contributed by atoms with van der Waals surface area (Å²) < 4.78 is 1.37. The first kappa shape index (κ1) is 20.6. The van der Waals surface area contributed by atoms with Gasteiger partial charge in [0.2, 0.25) is 5.91 Å². The molecule has 8 heteroatoms. The zero-order valence-corrected chi connectivity index (χ0v) is 16.5. The molecule has 1 aromatic carbocycles. The Morgan fingerprint density at radius 2 is 1.78 bits per heavy atom. The molecule has 0 fully saturated rings. The van der Waals surface area contributed by atoms with Crippen LogP contribution in [0.1, 0.15) is 35.5 Å². The van der Waals surface area contributed by atoms with E-state index in [1.54, 1.807) is 14.1 Å². The maximum atomic E-state index is 12.4. The summed E-state index contributed by atoms with van der Waals surface area (Å²) in [5, 5.41) is 10.6. The van der Waals surface area contributed by atoms with E-state index < -0.39 is 0 Å². The van der Waals surface area contributed by atoms with Crippen molar-refractivity contribution in [2.45, 2.75) is 33.5 Å². The second-order valence-electron chi connectivity index (χ2n) is 6.50. The molecule has 1 heterocycles. The van der Waals surface area contributed by atoms with Crippen molar-refractivity contribution in [2.75, 3.05) is 27.2 Å². The smallest absolute Gasteiger partial charge is 0.273 e. The fourth-order valence-corrected chi connectivity index (χ4v) is 2.60. The lowest BCUT2D eigenvalue weighted by Crippen LogP contribution is -2.27. The molecule has 0 atom stereocenters. The molecule has 1 aromatic heterocycles. The van der Waals surface area contributed by atoms with Crippen LogP contribution in [-0.2, 0) is 24.4 Å². The van der Waals surface area contributed by atoms with Crippen LogP contribution in [0.25, 0.3) is 0 Å². The molecule has 0 aliphatic rings. The predicted molar refractivity (Wildman–Crippen MR) is 103 cm³/mol. The number of carbonyl (C=O) groups excluding carboxylic acids is 2. The van der Waals surface area contributed by atoms with Gasteiger partial charge in [0.15, 0.2) is 5.69 Å². The average molecular weight is 372 g/mol. The minimum atomic E-state index is -0.309. The number of carbonyl (C=O) groups is 2. The number of hydrogen-bond donors (Lipinski definition) is 1. The highest BCUT2D eigenvalue weighted by Gasteiger charge is 2.14. The topological polar surface area (TPSA) is 83.4 Å². The van der Waals surface area contributed by atoms with Crippen LogP contribution in [0.4, 0.5) is 0 Å². The van der Waals surface area contributed by atoms with Crippen molar-refractivity contribution in [3.8, 4) is 0 Å². The van der Waals surface area contributed by atoms with Crippen LogP contribution in [0.5, 0.6) is 0 Å². The zero-order chi connectivity index (χ0) is 19.8. The van der Waals surface area contributed by atoms with E-state index in [9.17, 15) is 9.59 Å². The van der Waals surface area contributed by atoms with Gasteiger partial charge in [0, 0.05) is 27.2 Å². The van der Waals surface area contributed by atoms with Crippen molar-refractivity contribution in [1.82, 2.24) is 30.1 Å². The van der Waals surface area contributed by atoms with E-state index in [1.807, 2.05) is 18.2 Å². The first-order chi connectivity index (χ1) is 12.9. The van der Waals surface area contributed by atoms with Gasteiger partial charge in [-0.1, -0.05) is 43.3 Å². The standard InChI is InChI=1S/C19H28N6O2/c1-5-24(6-2)12-16-10-8-7-9-15(16)11-20-19(27)17-13-25(22-21-17)14-18(26)23(3)4/h7-10,13H,5-6,11-12,14H2,1-4H3,(H,20,27). The quantitative estimate of drug-likeness (QED) is 0.714.